The number of ether oxygens (including phenoxy) is 3. The Balaban J connectivity index is 1.09. The van der Waals surface area contributed by atoms with Gasteiger partial charge in [-0.2, -0.15) is 0 Å². The third-order valence-electron chi connectivity index (χ3n) is 9.61. The second-order valence-corrected chi connectivity index (χ2v) is 12.6. The van der Waals surface area contributed by atoms with E-state index in [1.165, 1.54) is 12.1 Å². The maximum Gasteiger partial charge on any atom is 0.226 e. The molecule has 0 saturated carbocycles. The number of halogens is 1. The first-order chi connectivity index (χ1) is 22.4. The summed E-state index contributed by atoms with van der Waals surface area (Å²) < 4.78 is 30.5. The van der Waals surface area contributed by atoms with Crippen LogP contribution in [0.15, 0.2) is 60.7 Å². The van der Waals surface area contributed by atoms with Crippen molar-refractivity contribution >= 4 is 22.9 Å². The summed E-state index contributed by atoms with van der Waals surface area (Å²) in [5.41, 5.74) is 3.35. The number of nitrogens with zero attached hydrogens (tertiary/aromatic N) is 2. The van der Waals surface area contributed by atoms with E-state index in [2.05, 4.69) is 25.5 Å². The van der Waals surface area contributed by atoms with Crippen molar-refractivity contribution in [3.8, 4) is 17.2 Å². The molecule has 2 aliphatic rings. The number of aromatic amines is 1. The Kier molecular flexibility index (Phi) is 9.63. The monoisotopic (exact) mass is 629 g/mol. The number of H-pyrrole nitrogens is 1. The highest BCUT2D eigenvalue weighted by Gasteiger charge is 2.46. The van der Waals surface area contributed by atoms with Gasteiger partial charge < -0.3 is 34.7 Å². The zero-order valence-corrected chi connectivity index (χ0v) is 26.9. The number of aromatic nitrogens is 2. The Bertz CT molecular complexity index is 1600. The molecule has 244 valence electrons. The van der Waals surface area contributed by atoms with Crippen LogP contribution in [0.2, 0.25) is 0 Å². The van der Waals surface area contributed by atoms with Crippen LogP contribution in [-0.2, 0) is 17.6 Å². The van der Waals surface area contributed by atoms with Crippen molar-refractivity contribution in [2.75, 3.05) is 46.3 Å². The summed E-state index contributed by atoms with van der Waals surface area (Å²) in [5.74, 6) is 2.38. The number of para-hydroxylation sites is 2. The van der Waals surface area contributed by atoms with Gasteiger partial charge in [0.15, 0.2) is 11.5 Å². The highest BCUT2D eigenvalue weighted by atomic mass is 19.1. The van der Waals surface area contributed by atoms with E-state index in [1.54, 1.807) is 33.5 Å². The topological polar surface area (TPSA) is 101 Å². The van der Waals surface area contributed by atoms with Crippen molar-refractivity contribution in [3.05, 3.63) is 77.6 Å². The SMILES string of the molecule is COc1ccc(CC2CC(CCCN3CCC(Nc4nc5ccccc5[nH]4)CC3)(Cc3ccc(F)cc3)C(=O)N2)c(OC)c1OC. The quantitative estimate of drug-likeness (QED) is 0.173. The van der Waals surface area contributed by atoms with Crippen molar-refractivity contribution < 1.29 is 23.4 Å². The average Bonchev–Trinajstić information content (AvgIpc) is 3.61. The lowest BCUT2D eigenvalue weighted by atomic mass is 9.74. The number of anilines is 1. The molecule has 2 aliphatic heterocycles. The summed E-state index contributed by atoms with van der Waals surface area (Å²) >= 11 is 0. The van der Waals surface area contributed by atoms with Crippen LogP contribution in [0.5, 0.6) is 17.2 Å². The number of benzene rings is 3. The molecule has 46 heavy (non-hydrogen) atoms. The van der Waals surface area contributed by atoms with E-state index >= 15 is 0 Å². The van der Waals surface area contributed by atoms with Crippen LogP contribution in [0.1, 0.15) is 43.2 Å². The Morgan fingerprint density at radius 1 is 0.978 bits per heavy atom. The molecule has 9 nitrogen and oxygen atoms in total. The predicted octanol–water partition coefficient (Wildman–Crippen LogP) is 5.74. The number of piperidine rings is 1. The molecule has 6 rings (SSSR count). The van der Waals surface area contributed by atoms with Crippen LogP contribution in [0, 0.1) is 11.2 Å². The van der Waals surface area contributed by atoms with E-state index in [-0.39, 0.29) is 17.8 Å². The number of carbonyl (C=O) groups excluding carboxylic acids is 1. The zero-order valence-electron chi connectivity index (χ0n) is 26.9. The molecule has 4 aromatic rings. The fraction of sp³-hybridized carbons (Fsp3) is 0.444. The normalized spacial score (nSPS) is 20.5. The van der Waals surface area contributed by atoms with E-state index in [9.17, 15) is 9.18 Å². The highest BCUT2D eigenvalue weighted by molar-refractivity contribution is 5.85. The van der Waals surface area contributed by atoms with Crippen LogP contribution < -0.4 is 24.8 Å². The minimum atomic E-state index is -0.576. The number of methoxy groups -OCH3 is 3. The van der Waals surface area contributed by atoms with E-state index in [0.717, 1.165) is 73.4 Å². The number of imidazole rings is 1. The molecule has 0 spiro atoms. The summed E-state index contributed by atoms with van der Waals surface area (Å²) in [6.45, 7) is 2.93. The molecule has 2 unspecified atom stereocenters. The maximum atomic E-state index is 13.8. The predicted molar refractivity (Wildman–Crippen MR) is 177 cm³/mol. The van der Waals surface area contributed by atoms with E-state index < -0.39 is 5.41 Å². The number of nitrogens with one attached hydrogen (secondary N) is 3. The van der Waals surface area contributed by atoms with Gasteiger partial charge in [0.25, 0.3) is 0 Å². The number of amides is 1. The van der Waals surface area contributed by atoms with Gasteiger partial charge in [-0.25, -0.2) is 9.37 Å². The molecule has 0 radical (unpaired) electrons. The lowest BCUT2D eigenvalue weighted by molar-refractivity contribution is -0.128. The number of likely N-dealkylation sites (tertiary alicyclic amines) is 1. The number of fused-ring (bicyclic) bond motifs is 1. The second kappa shape index (κ2) is 14.0. The number of hydrogen-bond donors (Lipinski definition) is 3. The Morgan fingerprint density at radius 2 is 1.74 bits per heavy atom. The molecule has 10 heteroatoms. The van der Waals surface area contributed by atoms with Crippen molar-refractivity contribution in [1.29, 1.82) is 0 Å². The van der Waals surface area contributed by atoms with Crippen molar-refractivity contribution in [2.45, 2.75) is 57.0 Å². The summed E-state index contributed by atoms with van der Waals surface area (Å²) in [6, 6.07) is 18.8. The molecule has 0 bridgehead atoms. The number of hydrogen-bond acceptors (Lipinski definition) is 7. The third-order valence-corrected chi connectivity index (χ3v) is 9.61. The Labute approximate surface area is 269 Å². The van der Waals surface area contributed by atoms with Crippen LogP contribution in [-0.4, -0.2) is 73.8 Å². The summed E-state index contributed by atoms with van der Waals surface area (Å²) in [4.78, 5) is 24.4. The zero-order chi connectivity index (χ0) is 32.1. The van der Waals surface area contributed by atoms with Gasteiger partial charge in [-0.05, 0) is 87.4 Å². The van der Waals surface area contributed by atoms with Crippen LogP contribution in [0.4, 0.5) is 10.3 Å². The molecular weight excluding hydrogens is 585 g/mol. The summed E-state index contributed by atoms with van der Waals surface area (Å²) in [6.07, 6.45) is 5.59. The summed E-state index contributed by atoms with van der Waals surface area (Å²) in [7, 11) is 4.80. The fourth-order valence-corrected chi connectivity index (χ4v) is 7.27. The maximum absolute atomic E-state index is 13.8. The molecule has 2 saturated heterocycles. The van der Waals surface area contributed by atoms with Gasteiger partial charge in [-0.3, -0.25) is 4.79 Å². The molecule has 3 aromatic carbocycles. The van der Waals surface area contributed by atoms with Gasteiger partial charge in [0, 0.05) is 30.7 Å². The van der Waals surface area contributed by atoms with Gasteiger partial charge in [-0.1, -0.05) is 30.3 Å². The van der Waals surface area contributed by atoms with Gasteiger partial charge in [0.2, 0.25) is 17.6 Å². The highest BCUT2D eigenvalue weighted by Crippen LogP contribution is 2.43. The lowest BCUT2D eigenvalue weighted by Crippen LogP contribution is -2.40. The van der Waals surface area contributed by atoms with Crippen molar-refractivity contribution in [1.82, 2.24) is 20.2 Å². The molecule has 1 amide bonds. The van der Waals surface area contributed by atoms with Gasteiger partial charge in [0.1, 0.15) is 5.82 Å². The molecule has 2 fully saturated rings. The Hall–Kier alpha value is -4.31. The first kappa shape index (κ1) is 31.7. The molecule has 2 atom stereocenters. The lowest BCUT2D eigenvalue weighted by Gasteiger charge is -2.33. The van der Waals surface area contributed by atoms with Gasteiger partial charge in [-0.15, -0.1) is 0 Å². The van der Waals surface area contributed by atoms with Crippen LogP contribution in [0.3, 0.4) is 0 Å². The number of carbonyl (C=O) groups is 1. The van der Waals surface area contributed by atoms with E-state index in [0.29, 0.717) is 42.6 Å². The summed E-state index contributed by atoms with van der Waals surface area (Å²) in [5, 5.41) is 6.88. The molecule has 1 aromatic heterocycles. The fourth-order valence-electron chi connectivity index (χ4n) is 7.27. The minimum absolute atomic E-state index is 0.0648. The standard InChI is InChI=1S/C36H44FN5O4/c1-44-31-14-11-25(32(45-2)33(31)46-3)21-28-23-36(34(43)38-28,22-24-9-12-26(37)13-10-24)17-6-18-42-19-15-27(16-20-42)39-35-40-29-7-4-5-8-30(29)41-35/h4-5,7-14,27-28H,6,15-23H2,1-3H3,(H,38,43)(H2,39,40,41). The first-order valence-corrected chi connectivity index (χ1v) is 16.2. The second-order valence-electron chi connectivity index (χ2n) is 12.6. The van der Waals surface area contributed by atoms with E-state index in [1.807, 2.05) is 36.4 Å². The third kappa shape index (κ3) is 6.92. The molecular formula is C36H44FN5O4. The van der Waals surface area contributed by atoms with Gasteiger partial charge in [0.05, 0.1) is 37.8 Å². The minimum Gasteiger partial charge on any atom is -0.493 e. The average molecular weight is 630 g/mol. The number of rotatable bonds is 13. The van der Waals surface area contributed by atoms with Crippen molar-refractivity contribution in [2.24, 2.45) is 5.41 Å². The van der Waals surface area contributed by atoms with Crippen molar-refractivity contribution in [3.63, 3.8) is 0 Å². The molecule has 0 aliphatic carbocycles. The van der Waals surface area contributed by atoms with Crippen LogP contribution in [0.25, 0.3) is 11.0 Å². The molecule has 3 heterocycles. The van der Waals surface area contributed by atoms with E-state index in [4.69, 9.17) is 14.2 Å². The Morgan fingerprint density at radius 3 is 2.46 bits per heavy atom. The molecule has 3 N–H and O–H groups in total. The van der Waals surface area contributed by atoms with Gasteiger partial charge >= 0.3 is 0 Å². The smallest absolute Gasteiger partial charge is 0.226 e. The van der Waals surface area contributed by atoms with Crippen LogP contribution >= 0.6 is 0 Å². The largest absolute Gasteiger partial charge is 0.493 e. The first-order valence-electron chi connectivity index (χ1n) is 16.2.